The summed E-state index contributed by atoms with van der Waals surface area (Å²) in [6, 6.07) is 13.2. The monoisotopic (exact) mass is 314 g/mol. The van der Waals surface area contributed by atoms with Crippen molar-refractivity contribution in [3.05, 3.63) is 75.1 Å². The van der Waals surface area contributed by atoms with Crippen molar-refractivity contribution in [2.75, 3.05) is 0 Å². The minimum Gasteiger partial charge on any atom is -0.423 e. The van der Waals surface area contributed by atoms with Gasteiger partial charge in [0.25, 0.3) is 0 Å². The summed E-state index contributed by atoms with van der Waals surface area (Å²) in [5, 5.41) is 1.23. The van der Waals surface area contributed by atoms with E-state index in [1.165, 1.54) is 6.07 Å². The molecule has 0 N–H and O–H groups in total. The molecule has 0 bridgehead atoms. The number of esters is 1. The Hall–Kier alpha value is -2.59. The SMILES string of the molecule is Cc1cc(OC(=O)c2cc3ccccc3oc2=O)ccc1Cl. The van der Waals surface area contributed by atoms with Gasteiger partial charge >= 0.3 is 11.6 Å². The van der Waals surface area contributed by atoms with Crippen molar-refractivity contribution < 1.29 is 13.9 Å². The van der Waals surface area contributed by atoms with Gasteiger partial charge in [0.05, 0.1) is 0 Å². The van der Waals surface area contributed by atoms with Crippen LogP contribution in [0, 0.1) is 6.92 Å². The normalized spacial score (nSPS) is 10.6. The molecule has 0 fully saturated rings. The first-order valence-corrected chi connectivity index (χ1v) is 6.93. The highest BCUT2D eigenvalue weighted by molar-refractivity contribution is 6.31. The highest BCUT2D eigenvalue weighted by Gasteiger charge is 2.16. The summed E-state index contributed by atoms with van der Waals surface area (Å²) in [6.45, 7) is 1.80. The summed E-state index contributed by atoms with van der Waals surface area (Å²) < 4.78 is 10.3. The Morgan fingerprint density at radius 3 is 2.68 bits per heavy atom. The van der Waals surface area contributed by atoms with Crippen molar-refractivity contribution in [3.8, 4) is 5.75 Å². The second-order valence-electron chi connectivity index (χ2n) is 4.79. The molecule has 0 saturated carbocycles. The minimum absolute atomic E-state index is 0.147. The average molecular weight is 315 g/mol. The molecule has 0 amide bonds. The molecule has 0 aliphatic rings. The lowest BCUT2D eigenvalue weighted by molar-refractivity contribution is 0.0730. The van der Waals surface area contributed by atoms with Gasteiger partial charge in [-0.2, -0.15) is 0 Å². The number of halogens is 1. The minimum atomic E-state index is -0.763. The van der Waals surface area contributed by atoms with Gasteiger partial charge in [0.15, 0.2) is 0 Å². The van der Waals surface area contributed by atoms with Crippen molar-refractivity contribution >= 4 is 28.5 Å². The molecule has 22 heavy (non-hydrogen) atoms. The first kappa shape index (κ1) is 14.4. The molecule has 0 saturated heterocycles. The van der Waals surface area contributed by atoms with Gasteiger partial charge in [0.2, 0.25) is 0 Å². The summed E-state index contributed by atoms with van der Waals surface area (Å²) in [7, 11) is 0. The van der Waals surface area contributed by atoms with Crippen molar-refractivity contribution in [1.82, 2.24) is 0 Å². The van der Waals surface area contributed by atoms with Gasteiger partial charge in [-0.3, -0.25) is 0 Å². The number of ether oxygens (including phenoxy) is 1. The molecule has 110 valence electrons. The van der Waals surface area contributed by atoms with E-state index in [1.807, 2.05) is 0 Å². The highest BCUT2D eigenvalue weighted by Crippen LogP contribution is 2.22. The predicted molar refractivity (Wildman–Crippen MR) is 83.6 cm³/mol. The lowest BCUT2D eigenvalue weighted by Gasteiger charge is -2.06. The maximum absolute atomic E-state index is 12.2. The van der Waals surface area contributed by atoms with Crippen LogP contribution < -0.4 is 10.4 Å². The van der Waals surface area contributed by atoms with E-state index in [2.05, 4.69) is 0 Å². The van der Waals surface area contributed by atoms with E-state index in [1.54, 1.807) is 49.4 Å². The zero-order valence-corrected chi connectivity index (χ0v) is 12.4. The molecule has 1 aromatic heterocycles. The van der Waals surface area contributed by atoms with Crippen LogP contribution in [-0.4, -0.2) is 5.97 Å². The fraction of sp³-hybridized carbons (Fsp3) is 0.0588. The Kier molecular flexibility index (Phi) is 3.69. The molecule has 0 spiro atoms. The predicted octanol–water partition coefficient (Wildman–Crippen LogP) is 3.97. The molecule has 3 rings (SSSR count). The Balaban J connectivity index is 1.96. The standard InChI is InChI=1S/C17H11ClO4/c1-10-8-12(6-7-14(10)18)21-16(19)13-9-11-4-2-3-5-15(11)22-17(13)20/h2-9H,1H3. The first-order valence-electron chi connectivity index (χ1n) is 6.56. The molecule has 0 radical (unpaired) electrons. The maximum atomic E-state index is 12.2. The van der Waals surface area contributed by atoms with Crippen molar-refractivity contribution in [1.29, 1.82) is 0 Å². The lowest BCUT2D eigenvalue weighted by atomic mass is 10.2. The van der Waals surface area contributed by atoms with Gasteiger partial charge in [-0.05, 0) is 42.8 Å². The maximum Gasteiger partial charge on any atom is 0.351 e. The molecule has 2 aromatic carbocycles. The van der Waals surface area contributed by atoms with E-state index in [4.69, 9.17) is 20.8 Å². The topological polar surface area (TPSA) is 56.5 Å². The highest BCUT2D eigenvalue weighted by atomic mass is 35.5. The number of para-hydroxylation sites is 1. The quantitative estimate of drug-likeness (QED) is 0.408. The van der Waals surface area contributed by atoms with Crippen LogP contribution in [0.3, 0.4) is 0 Å². The van der Waals surface area contributed by atoms with Crippen LogP contribution in [0.15, 0.2) is 57.7 Å². The second kappa shape index (κ2) is 5.66. The van der Waals surface area contributed by atoms with E-state index < -0.39 is 11.6 Å². The number of benzene rings is 2. The summed E-state index contributed by atoms with van der Waals surface area (Å²) in [6.07, 6.45) is 0. The Labute approximate surface area is 130 Å². The van der Waals surface area contributed by atoms with Crippen molar-refractivity contribution in [2.24, 2.45) is 0 Å². The number of rotatable bonds is 2. The van der Waals surface area contributed by atoms with Gasteiger partial charge in [-0.15, -0.1) is 0 Å². The molecule has 0 atom stereocenters. The average Bonchev–Trinajstić information content (AvgIpc) is 2.50. The molecule has 3 aromatic rings. The Morgan fingerprint density at radius 1 is 1.14 bits per heavy atom. The lowest BCUT2D eigenvalue weighted by Crippen LogP contribution is -2.18. The van der Waals surface area contributed by atoms with Crippen LogP contribution in [0.4, 0.5) is 0 Å². The van der Waals surface area contributed by atoms with Crippen LogP contribution in [0.25, 0.3) is 11.0 Å². The summed E-state index contributed by atoms with van der Waals surface area (Å²) >= 11 is 5.92. The Morgan fingerprint density at radius 2 is 1.91 bits per heavy atom. The smallest absolute Gasteiger partial charge is 0.351 e. The molecule has 0 aliphatic carbocycles. The van der Waals surface area contributed by atoms with Gasteiger partial charge in [0.1, 0.15) is 16.9 Å². The van der Waals surface area contributed by atoms with Gasteiger partial charge in [0, 0.05) is 10.4 Å². The van der Waals surface area contributed by atoms with Gasteiger partial charge < -0.3 is 9.15 Å². The van der Waals surface area contributed by atoms with E-state index in [-0.39, 0.29) is 5.56 Å². The van der Waals surface area contributed by atoms with Crippen LogP contribution in [-0.2, 0) is 0 Å². The summed E-state index contributed by atoms with van der Waals surface area (Å²) in [4.78, 5) is 24.1. The molecule has 1 heterocycles. The number of carbonyl (C=O) groups excluding carboxylic acids is 1. The van der Waals surface area contributed by atoms with E-state index in [9.17, 15) is 9.59 Å². The van der Waals surface area contributed by atoms with Crippen molar-refractivity contribution in [2.45, 2.75) is 6.92 Å². The van der Waals surface area contributed by atoms with E-state index >= 15 is 0 Å². The molecule has 0 aliphatic heterocycles. The number of fused-ring (bicyclic) bond motifs is 1. The van der Waals surface area contributed by atoms with Gasteiger partial charge in [-0.1, -0.05) is 29.8 Å². The number of hydrogen-bond acceptors (Lipinski definition) is 4. The number of aryl methyl sites for hydroxylation is 1. The fourth-order valence-electron chi connectivity index (χ4n) is 2.05. The fourth-order valence-corrected chi connectivity index (χ4v) is 2.16. The van der Waals surface area contributed by atoms with Crippen LogP contribution in [0.2, 0.25) is 5.02 Å². The number of carbonyl (C=O) groups is 1. The Bertz CT molecular complexity index is 927. The number of hydrogen-bond donors (Lipinski definition) is 0. The third-order valence-corrected chi connectivity index (χ3v) is 3.63. The molecule has 0 unspecified atom stereocenters. The zero-order valence-electron chi connectivity index (χ0n) is 11.6. The molecular weight excluding hydrogens is 304 g/mol. The molecule has 5 heteroatoms. The van der Waals surface area contributed by atoms with Crippen LogP contribution in [0.1, 0.15) is 15.9 Å². The molecule has 4 nitrogen and oxygen atoms in total. The van der Waals surface area contributed by atoms with Crippen molar-refractivity contribution in [3.63, 3.8) is 0 Å². The second-order valence-corrected chi connectivity index (χ2v) is 5.19. The van der Waals surface area contributed by atoms with Crippen LogP contribution in [0.5, 0.6) is 5.75 Å². The van der Waals surface area contributed by atoms with Crippen LogP contribution >= 0.6 is 11.6 Å². The zero-order chi connectivity index (χ0) is 15.7. The summed E-state index contributed by atoms with van der Waals surface area (Å²) in [5.74, 6) is -0.444. The third-order valence-electron chi connectivity index (χ3n) is 3.20. The summed E-state index contributed by atoms with van der Waals surface area (Å²) in [5.41, 5.74) is 0.324. The third kappa shape index (κ3) is 2.73. The van der Waals surface area contributed by atoms with E-state index in [0.717, 1.165) is 5.56 Å². The van der Waals surface area contributed by atoms with Gasteiger partial charge in [-0.25, -0.2) is 9.59 Å². The first-order chi connectivity index (χ1) is 10.5. The van der Waals surface area contributed by atoms with E-state index in [0.29, 0.717) is 21.7 Å². The largest absolute Gasteiger partial charge is 0.423 e. The molecular formula is C17H11ClO4.